The number of aliphatic hydroxyl groups is 1. The fraction of sp³-hybridized carbons (Fsp3) is 0.625. The summed E-state index contributed by atoms with van der Waals surface area (Å²) in [5.41, 5.74) is 5.59. The molecule has 0 fully saturated rings. The van der Waals surface area contributed by atoms with Crippen LogP contribution in [0.25, 0.3) is 0 Å². The third-order valence-electron chi connectivity index (χ3n) is 1.78. The molecule has 1 atom stereocenters. The van der Waals surface area contributed by atoms with E-state index in [1.54, 1.807) is 6.20 Å². The van der Waals surface area contributed by atoms with Crippen molar-refractivity contribution in [1.82, 2.24) is 9.55 Å². The van der Waals surface area contributed by atoms with E-state index in [0.29, 0.717) is 6.54 Å². The van der Waals surface area contributed by atoms with Crippen LogP contribution in [0.1, 0.15) is 12.7 Å². The minimum absolute atomic E-state index is 0.0152. The van der Waals surface area contributed by atoms with Crippen LogP contribution in [0, 0.1) is 0 Å². The topological polar surface area (TPSA) is 64.1 Å². The standard InChI is InChI=1S/C8H15N3O/c1-2-8-10-3-4-11(8)5-7(9)6-12/h3-4,7,12H,2,5-6,9H2,1H3. The smallest absolute Gasteiger partial charge is 0.108 e. The molecule has 0 amide bonds. The van der Waals surface area contributed by atoms with E-state index in [9.17, 15) is 0 Å². The summed E-state index contributed by atoms with van der Waals surface area (Å²) in [5, 5.41) is 8.74. The molecule has 0 saturated carbocycles. The average Bonchev–Trinajstić information content (AvgIpc) is 2.51. The highest BCUT2D eigenvalue weighted by Crippen LogP contribution is 1.99. The van der Waals surface area contributed by atoms with Gasteiger partial charge in [0.05, 0.1) is 6.61 Å². The molecule has 1 unspecified atom stereocenters. The lowest BCUT2D eigenvalue weighted by Crippen LogP contribution is -2.30. The lowest BCUT2D eigenvalue weighted by Gasteiger charge is -2.10. The van der Waals surface area contributed by atoms with Crippen molar-refractivity contribution in [3.63, 3.8) is 0 Å². The molecule has 0 aliphatic heterocycles. The summed E-state index contributed by atoms with van der Waals surface area (Å²) in [6, 6.07) is -0.190. The Hall–Kier alpha value is -0.870. The van der Waals surface area contributed by atoms with Crippen LogP contribution in [0.3, 0.4) is 0 Å². The van der Waals surface area contributed by atoms with Crippen molar-refractivity contribution >= 4 is 0 Å². The quantitative estimate of drug-likeness (QED) is 0.654. The first-order valence-corrected chi connectivity index (χ1v) is 4.14. The Kier molecular flexibility index (Phi) is 3.25. The Morgan fingerprint density at radius 3 is 3.08 bits per heavy atom. The molecule has 0 aromatic carbocycles. The van der Waals surface area contributed by atoms with Crippen molar-refractivity contribution in [2.24, 2.45) is 5.73 Å². The highest BCUT2D eigenvalue weighted by atomic mass is 16.3. The monoisotopic (exact) mass is 169 g/mol. The Labute approximate surface area is 72.0 Å². The van der Waals surface area contributed by atoms with Crippen LogP contribution in [0.15, 0.2) is 12.4 Å². The molecular formula is C8H15N3O. The van der Waals surface area contributed by atoms with E-state index in [1.807, 2.05) is 17.7 Å². The maximum Gasteiger partial charge on any atom is 0.108 e. The van der Waals surface area contributed by atoms with Gasteiger partial charge in [0.25, 0.3) is 0 Å². The number of aromatic nitrogens is 2. The van der Waals surface area contributed by atoms with E-state index in [0.717, 1.165) is 12.2 Å². The van der Waals surface area contributed by atoms with Gasteiger partial charge in [-0.2, -0.15) is 0 Å². The van der Waals surface area contributed by atoms with Gasteiger partial charge in [0.15, 0.2) is 0 Å². The zero-order valence-corrected chi connectivity index (χ0v) is 7.27. The highest BCUT2D eigenvalue weighted by molar-refractivity contribution is 4.92. The summed E-state index contributed by atoms with van der Waals surface area (Å²) in [7, 11) is 0. The van der Waals surface area contributed by atoms with Crippen molar-refractivity contribution in [3.8, 4) is 0 Å². The lowest BCUT2D eigenvalue weighted by atomic mass is 10.3. The second-order valence-electron chi connectivity index (χ2n) is 2.79. The predicted octanol–water partition coefficient (Wildman–Crippen LogP) is -0.235. The van der Waals surface area contributed by atoms with Gasteiger partial charge < -0.3 is 15.4 Å². The van der Waals surface area contributed by atoms with Crippen molar-refractivity contribution < 1.29 is 5.11 Å². The van der Waals surface area contributed by atoms with Crippen molar-refractivity contribution in [1.29, 1.82) is 0 Å². The minimum atomic E-state index is -0.190. The summed E-state index contributed by atoms with van der Waals surface area (Å²) in [5.74, 6) is 1.01. The zero-order valence-electron chi connectivity index (χ0n) is 7.27. The average molecular weight is 169 g/mol. The largest absolute Gasteiger partial charge is 0.395 e. The van der Waals surface area contributed by atoms with Gasteiger partial charge in [0.1, 0.15) is 5.82 Å². The normalized spacial score (nSPS) is 13.2. The van der Waals surface area contributed by atoms with Gasteiger partial charge in [-0.3, -0.25) is 0 Å². The molecule has 0 spiro atoms. The predicted molar refractivity (Wildman–Crippen MR) is 46.7 cm³/mol. The minimum Gasteiger partial charge on any atom is -0.395 e. The van der Waals surface area contributed by atoms with Crippen LogP contribution in [0.2, 0.25) is 0 Å². The number of aliphatic hydroxyl groups excluding tert-OH is 1. The summed E-state index contributed by atoms with van der Waals surface area (Å²) in [4.78, 5) is 4.15. The Morgan fingerprint density at radius 1 is 1.75 bits per heavy atom. The molecule has 0 aliphatic carbocycles. The number of imidazole rings is 1. The summed E-state index contributed by atoms with van der Waals surface area (Å²) in [6.07, 6.45) is 4.53. The number of hydrogen-bond acceptors (Lipinski definition) is 3. The molecule has 68 valence electrons. The molecule has 3 N–H and O–H groups in total. The first-order valence-electron chi connectivity index (χ1n) is 4.14. The summed E-state index contributed by atoms with van der Waals surface area (Å²) in [6.45, 7) is 2.70. The van der Waals surface area contributed by atoms with E-state index in [2.05, 4.69) is 4.98 Å². The maximum atomic E-state index is 8.74. The van der Waals surface area contributed by atoms with Gasteiger partial charge >= 0.3 is 0 Å². The molecular weight excluding hydrogens is 154 g/mol. The summed E-state index contributed by atoms with van der Waals surface area (Å²) < 4.78 is 1.97. The lowest BCUT2D eigenvalue weighted by molar-refractivity contribution is 0.253. The number of hydrogen-bond donors (Lipinski definition) is 2. The van der Waals surface area contributed by atoms with E-state index >= 15 is 0 Å². The van der Waals surface area contributed by atoms with E-state index < -0.39 is 0 Å². The number of aryl methyl sites for hydroxylation is 1. The van der Waals surface area contributed by atoms with E-state index in [-0.39, 0.29) is 12.6 Å². The second-order valence-corrected chi connectivity index (χ2v) is 2.79. The van der Waals surface area contributed by atoms with E-state index in [1.165, 1.54) is 0 Å². The van der Waals surface area contributed by atoms with Crippen LogP contribution in [-0.2, 0) is 13.0 Å². The van der Waals surface area contributed by atoms with Crippen LogP contribution >= 0.6 is 0 Å². The first kappa shape index (κ1) is 9.22. The molecule has 4 heteroatoms. The van der Waals surface area contributed by atoms with Gasteiger partial charge in [-0.05, 0) is 0 Å². The van der Waals surface area contributed by atoms with Gasteiger partial charge in [-0.25, -0.2) is 4.98 Å². The molecule has 1 aromatic rings. The second kappa shape index (κ2) is 4.23. The van der Waals surface area contributed by atoms with Crippen LogP contribution in [-0.4, -0.2) is 27.3 Å². The maximum absolute atomic E-state index is 8.74. The third kappa shape index (κ3) is 2.06. The number of nitrogens with zero attached hydrogens (tertiary/aromatic N) is 2. The van der Waals surface area contributed by atoms with Crippen molar-refractivity contribution in [2.45, 2.75) is 25.9 Å². The molecule has 0 radical (unpaired) electrons. The molecule has 0 saturated heterocycles. The number of rotatable bonds is 4. The Bertz CT molecular complexity index is 234. The molecule has 4 nitrogen and oxygen atoms in total. The molecule has 1 heterocycles. The number of nitrogens with two attached hydrogens (primary N) is 1. The van der Waals surface area contributed by atoms with Crippen molar-refractivity contribution in [2.75, 3.05) is 6.61 Å². The molecule has 1 rings (SSSR count). The third-order valence-corrected chi connectivity index (χ3v) is 1.78. The van der Waals surface area contributed by atoms with Crippen LogP contribution in [0.5, 0.6) is 0 Å². The summed E-state index contributed by atoms with van der Waals surface area (Å²) >= 11 is 0. The molecule has 12 heavy (non-hydrogen) atoms. The Morgan fingerprint density at radius 2 is 2.50 bits per heavy atom. The molecule has 0 bridgehead atoms. The van der Waals surface area contributed by atoms with Gasteiger partial charge in [-0.1, -0.05) is 6.92 Å². The molecule has 0 aliphatic rings. The van der Waals surface area contributed by atoms with E-state index in [4.69, 9.17) is 10.8 Å². The SMILES string of the molecule is CCc1nccn1CC(N)CO. The van der Waals surface area contributed by atoms with Crippen LogP contribution in [0.4, 0.5) is 0 Å². The fourth-order valence-electron chi connectivity index (χ4n) is 1.13. The fourth-order valence-corrected chi connectivity index (χ4v) is 1.13. The van der Waals surface area contributed by atoms with Crippen LogP contribution < -0.4 is 5.73 Å². The van der Waals surface area contributed by atoms with Gasteiger partial charge in [-0.15, -0.1) is 0 Å². The van der Waals surface area contributed by atoms with Gasteiger partial charge in [0, 0.05) is 31.4 Å². The Balaban J connectivity index is 2.61. The highest BCUT2D eigenvalue weighted by Gasteiger charge is 2.04. The van der Waals surface area contributed by atoms with Crippen molar-refractivity contribution in [3.05, 3.63) is 18.2 Å². The molecule has 1 aromatic heterocycles. The van der Waals surface area contributed by atoms with Gasteiger partial charge in [0.2, 0.25) is 0 Å². The first-order chi connectivity index (χ1) is 5.77. The zero-order chi connectivity index (χ0) is 8.97.